The third-order valence-electron chi connectivity index (χ3n) is 0.773. The van der Waals surface area contributed by atoms with Gasteiger partial charge in [-0.3, -0.25) is 5.84 Å². The van der Waals surface area contributed by atoms with Crippen LogP contribution in [0.4, 0.5) is 0 Å². The molecule has 0 spiro atoms. The van der Waals surface area contributed by atoms with Gasteiger partial charge in [0.15, 0.2) is 0 Å². The van der Waals surface area contributed by atoms with E-state index in [0.717, 1.165) is 0 Å². The van der Waals surface area contributed by atoms with Crippen molar-refractivity contribution < 1.29 is 9.84 Å². The largest absolute Gasteiger partial charge is 0.399 e. The number of hydrazine groups is 1. The van der Waals surface area contributed by atoms with Gasteiger partial charge in [0.2, 0.25) is 0 Å². The third-order valence-corrected chi connectivity index (χ3v) is 0.773. The summed E-state index contributed by atoms with van der Waals surface area (Å²) < 4.78 is 4.86. The number of ether oxygens (including phenoxy) is 1. The maximum absolute atomic E-state index is 8.28. The Morgan fingerprint density at radius 1 is 1.70 bits per heavy atom. The van der Waals surface area contributed by atoms with E-state index in [2.05, 4.69) is 5.43 Å². The van der Waals surface area contributed by atoms with Crippen LogP contribution in [0.25, 0.3) is 0 Å². The van der Waals surface area contributed by atoms with Gasteiger partial charge in [-0.05, 0) is 0 Å². The van der Waals surface area contributed by atoms with Crippen molar-refractivity contribution in [3.63, 3.8) is 0 Å². The normalized spacial score (nSPS) is 11.6. The molecular formula is C5H13N3O2. The molecule has 0 aliphatic heterocycles. The van der Waals surface area contributed by atoms with Gasteiger partial charge in [0, 0.05) is 6.20 Å². The van der Waals surface area contributed by atoms with Gasteiger partial charge in [0.25, 0.3) is 0 Å². The fourth-order valence-electron chi connectivity index (χ4n) is 0.403. The SMILES string of the molecule is NN/C=C(\N)COCCO. The summed E-state index contributed by atoms with van der Waals surface area (Å²) in [6.07, 6.45) is 1.43. The first kappa shape index (κ1) is 9.22. The molecule has 0 aromatic carbocycles. The summed E-state index contributed by atoms with van der Waals surface area (Å²) in [5.41, 5.74) is 8.10. The summed E-state index contributed by atoms with van der Waals surface area (Å²) in [4.78, 5) is 0. The molecule has 5 nitrogen and oxygen atoms in total. The first-order chi connectivity index (χ1) is 4.81. The summed E-state index contributed by atoms with van der Waals surface area (Å²) >= 11 is 0. The number of aliphatic hydroxyl groups excluding tert-OH is 1. The van der Waals surface area contributed by atoms with E-state index in [1.807, 2.05) is 0 Å². The molecule has 0 aliphatic carbocycles. The van der Waals surface area contributed by atoms with Crippen molar-refractivity contribution in [1.82, 2.24) is 5.43 Å². The standard InChI is InChI=1S/C5H13N3O2/c6-5(3-8-7)4-10-2-1-9/h3,8-9H,1-2,4,6-7H2/b5-3-. The molecule has 0 radical (unpaired) electrons. The van der Waals surface area contributed by atoms with E-state index < -0.39 is 0 Å². The molecule has 0 heterocycles. The molecule has 0 fully saturated rings. The Labute approximate surface area is 59.6 Å². The van der Waals surface area contributed by atoms with Crippen LogP contribution in [0.2, 0.25) is 0 Å². The lowest BCUT2D eigenvalue weighted by Crippen LogP contribution is -2.19. The van der Waals surface area contributed by atoms with Crippen molar-refractivity contribution in [1.29, 1.82) is 0 Å². The Balaban J connectivity index is 3.21. The Morgan fingerprint density at radius 3 is 2.90 bits per heavy atom. The van der Waals surface area contributed by atoms with E-state index in [4.69, 9.17) is 21.4 Å². The van der Waals surface area contributed by atoms with Crippen molar-refractivity contribution >= 4 is 0 Å². The van der Waals surface area contributed by atoms with Crippen LogP contribution in [0.5, 0.6) is 0 Å². The lowest BCUT2D eigenvalue weighted by atomic mass is 10.5. The van der Waals surface area contributed by atoms with Crippen molar-refractivity contribution in [2.75, 3.05) is 19.8 Å². The second-order valence-electron chi connectivity index (χ2n) is 1.66. The zero-order chi connectivity index (χ0) is 7.82. The first-order valence-electron chi connectivity index (χ1n) is 2.90. The van der Waals surface area contributed by atoms with Crippen LogP contribution in [-0.4, -0.2) is 24.9 Å². The predicted octanol–water partition coefficient (Wildman–Crippen LogP) is -1.74. The molecule has 0 saturated carbocycles. The van der Waals surface area contributed by atoms with Gasteiger partial charge in [-0.25, -0.2) is 0 Å². The maximum Gasteiger partial charge on any atom is 0.0876 e. The van der Waals surface area contributed by atoms with Crippen molar-refractivity contribution in [2.24, 2.45) is 11.6 Å². The van der Waals surface area contributed by atoms with Crippen LogP contribution in [0.1, 0.15) is 0 Å². The van der Waals surface area contributed by atoms with Gasteiger partial charge in [0.1, 0.15) is 0 Å². The Hall–Kier alpha value is -0.780. The molecule has 0 rings (SSSR count). The summed E-state index contributed by atoms with van der Waals surface area (Å²) in [7, 11) is 0. The fourth-order valence-corrected chi connectivity index (χ4v) is 0.403. The number of rotatable bonds is 5. The number of hydrogen-bond donors (Lipinski definition) is 4. The van der Waals surface area contributed by atoms with E-state index >= 15 is 0 Å². The maximum atomic E-state index is 8.28. The molecule has 0 amide bonds. The van der Waals surface area contributed by atoms with Crippen LogP contribution >= 0.6 is 0 Å². The quantitative estimate of drug-likeness (QED) is 0.210. The Kier molecular flexibility index (Phi) is 5.85. The average molecular weight is 147 g/mol. The van der Waals surface area contributed by atoms with Gasteiger partial charge in [0.05, 0.1) is 25.5 Å². The molecule has 10 heavy (non-hydrogen) atoms. The number of nitrogens with one attached hydrogen (secondary N) is 1. The number of nitrogens with two attached hydrogens (primary N) is 2. The van der Waals surface area contributed by atoms with E-state index in [1.165, 1.54) is 6.20 Å². The third kappa shape index (κ3) is 5.36. The highest BCUT2D eigenvalue weighted by Crippen LogP contribution is 1.81. The highest BCUT2D eigenvalue weighted by Gasteiger charge is 1.88. The summed E-state index contributed by atoms with van der Waals surface area (Å²) in [5.74, 6) is 4.92. The second kappa shape index (κ2) is 6.34. The molecule has 6 N–H and O–H groups in total. The van der Waals surface area contributed by atoms with Gasteiger partial charge in [-0.15, -0.1) is 0 Å². The first-order valence-corrected chi connectivity index (χ1v) is 2.90. The molecule has 5 heteroatoms. The zero-order valence-electron chi connectivity index (χ0n) is 5.71. The predicted molar refractivity (Wildman–Crippen MR) is 37.5 cm³/mol. The van der Waals surface area contributed by atoms with Crippen molar-refractivity contribution in [2.45, 2.75) is 0 Å². The Morgan fingerprint density at radius 2 is 2.40 bits per heavy atom. The lowest BCUT2D eigenvalue weighted by Gasteiger charge is -2.01. The molecule has 0 aromatic rings. The lowest BCUT2D eigenvalue weighted by molar-refractivity contribution is 0.107. The highest BCUT2D eigenvalue weighted by molar-refractivity contribution is 4.93. The van der Waals surface area contributed by atoms with Crippen LogP contribution in [0.3, 0.4) is 0 Å². The minimum atomic E-state index is 0.00331. The van der Waals surface area contributed by atoms with Gasteiger partial charge < -0.3 is 21.0 Å². The smallest absolute Gasteiger partial charge is 0.0876 e. The molecule has 0 aromatic heterocycles. The summed E-state index contributed by atoms with van der Waals surface area (Å²) in [6, 6.07) is 0. The summed E-state index contributed by atoms with van der Waals surface area (Å²) in [5, 5.41) is 8.28. The van der Waals surface area contributed by atoms with Crippen molar-refractivity contribution in [3.8, 4) is 0 Å². The second-order valence-corrected chi connectivity index (χ2v) is 1.66. The minimum absolute atomic E-state index is 0.00331. The molecule has 0 bridgehead atoms. The molecule has 0 saturated heterocycles. The molecule has 60 valence electrons. The molecule has 0 atom stereocenters. The van der Waals surface area contributed by atoms with Gasteiger partial charge >= 0.3 is 0 Å². The van der Waals surface area contributed by atoms with Crippen LogP contribution in [0.15, 0.2) is 11.9 Å². The van der Waals surface area contributed by atoms with E-state index in [-0.39, 0.29) is 13.2 Å². The molecule has 0 aliphatic rings. The van der Waals surface area contributed by atoms with Crippen LogP contribution < -0.4 is 17.0 Å². The minimum Gasteiger partial charge on any atom is -0.399 e. The number of hydrogen-bond acceptors (Lipinski definition) is 5. The van der Waals surface area contributed by atoms with E-state index in [1.54, 1.807) is 0 Å². The monoisotopic (exact) mass is 147 g/mol. The zero-order valence-corrected chi connectivity index (χ0v) is 5.71. The molecule has 0 unspecified atom stereocenters. The van der Waals surface area contributed by atoms with E-state index in [0.29, 0.717) is 12.3 Å². The van der Waals surface area contributed by atoms with Gasteiger partial charge in [-0.1, -0.05) is 0 Å². The van der Waals surface area contributed by atoms with Crippen LogP contribution in [0, 0.1) is 0 Å². The average Bonchev–Trinajstić information content (AvgIpc) is 1.89. The summed E-state index contributed by atoms with van der Waals surface area (Å²) in [6.45, 7) is 0.577. The highest BCUT2D eigenvalue weighted by atomic mass is 16.5. The fraction of sp³-hybridized carbons (Fsp3) is 0.600. The van der Waals surface area contributed by atoms with Crippen LogP contribution in [-0.2, 0) is 4.74 Å². The number of aliphatic hydroxyl groups is 1. The topological polar surface area (TPSA) is 93.5 Å². The van der Waals surface area contributed by atoms with Gasteiger partial charge in [-0.2, -0.15) is 0 Å². The van der Waals surface area contributed by atoms with E-state index in [9.17, 15) is 0 Å². The Bertz CT molecular complexity index is 105. The molecular weight excluding hydrogens is 134 g/mol. The van der Waals surface area contributed by atoms with Crippen molar-refractivity contribution in [3.05, 3.63) is 11.9 Å².